The monoisotopic (exact) mass is 392 g/mol. The molecule has 1 aliphatic heterocycles. The quantitative estimate of drug-likeness (QED) is 0.685. The van der Waals surface area contributed by atoms with Crippen molar-refractivity contribution in [3.05, 3.63) is 82.9 Å². The Morgan fingerprint density at radius 1 is 1.21 bits per heavy atom. The molecule has 1 aliphatic rings. The van der Waals surface area contributed by atoms with E-state index >= 15 is 0 Å². The van der Waals surface area contributed by atoms with Crippen LogP contribution < -0.4 is 4.90 Å². The number of fused-ring (bicyclic) bond motifs is 1. The fraction of sp³-hybridized carbons (Fsp3) is 0.227. The van der Waals surface area contributed by atoms with Gasteiger partial charge in [0.2, 0.25) is 0 Å². The van der Waals surface area contributed by atoms with E-state index in [1.807, 2.05) is 19.1 Å². The van der Waals surface area contributed by atoms with E-state index in [1.54, 1.807) is 28.9 Å². The van der Waals surface area contributed by atoms with Crippen LogP contribution in [0.1, 0.15) is 32.9 Å². The molecule has 7 heteroatoms. The maximum Gasteiger partial charge on any atom is 0.262 e. The molecule has 0 atom stereocenters. The number of anilines is 1. The lowest BCUT2D eigenvalue weighted by Crippen LogP contribution is -2.38. The summed E-state index contributed by atoms with van der Waals surface area (Å²) in [5.74, 6) is -0.456. The first-order chi connectivity index (χ1) is 13.8. The second-order valence-corrected chi connectivity index (χ2v) is 7.31. The molecule has 0 saturated heterocycles. The third-order valence-electron chi connectivity index (χ3n) is 4.96. The highest BCUT2D eigenvalue weighted by Gasteiger charge is 2.32. The van der Waals surface area contributed by atoms with Gasteiger partial charge in [0.05, 0.1) is 40.3 Å². The van der Waals surface area contributed by atoms with Gasteiger partial charge < -0.3 is 10.0 Å². The smallest absolute Gasteiger partial charge is 0.262 e. The van der Waals surface area contributed by atoms with Gasteiger partial charge in [-0.25, -0.2) is 9.07 Å². The van der Waals surface area contributed by atoms with E-state index in [2.05, 4.69) is 16.7 Å². The molecule has 0 unspecified atom stereocenters. The molecular weight excluding hydrogens is 371 g/mol. The Bertz CT molecular complexity index is 1120. The minimum absolute atomic E-state index is 0.0405. The van der Waals surface area contributed by atoms with E-state index in [0.717, 1.165) is 16.8 Å². The third kappa shape index (κ3) is 3.51. The zero-order valence-corrected chi connectivity index (χ0v) is 16.3. The average Bonchev–Trinajstić information content (AvgIpc) is 2.98. The molecule has 1 N–H and O–H groups in total. The van der Waals surface area contributed by atoms with Crippen molar-refractivity contribution in [3.8, 4) is 5.69 Å². The number of allylic oxidation sites excluding steroid dienone is 1. The molecule has 0 aliphatic carbocycles. The number of aliphatic hydroxyl groups excluding tert-OH is 1. The van der Waals surface area contributed by atoms with Crippen molar-refractivity contribution in [2.45, 2.75) is 26.7 Å². The zero-order valence-electron chi connectivity index (χ0n) is 16.3. The van der Waals surface area contributed by atoms with Crippen LogP contribution in [-0.4, -0.2) is 32.3 Å². The number of carbonyl (C=O) groups is 1. The Morgan fingerprint density at radius 3 is 2.72 bits per heavy atom. The molecule has 29 heavy (non-hydrogen) atoms. The second kappa shape index (κ2) is 7.16. The predicted octanol–water partition coefficient (Wildman–Crippen LogP) is 3.84. The minimum atomic E-state index is -0.334. The van der Waals surface area contributed by atoms with E-state index in [4.69, 9.17) is 0 Å². The Kier molecular flexibility index (Phi) is 4.66. The van der Waals surface area contributed by atoms with Gasteiger partial charge in [0, 0.05) is 25.6 Å². The van der Waals surface area contributed by atoms with Crippen molar-refractivity contribution < 1.29 is 14.3 Å². The largest absolute Gasteiger partial charge is 0.513 e. The third-order valence-corrected chi connectivity index (χ3v) is 4.96. The normalized spacial score (nSPS) is 13.5. The molecule has 0 saturated carbocycles. The van der Waals surface area contributed by atoms with Crippen LogP contribution >= 0.6 is 0 Å². The molecule has 3 heterocycles. The molecule has 3 aromatic rings. The van der Waals surface area contributed by atoms with Gasteiger partial charge in [-0.15, -0.1) is 0 Å². The van der Waals surface area contributed by atoms with E-state index in [1.165, 1.54) is 12.1 Å². The number of pyridine rings is 1. The van der Waals surface area contributed by atoms with Gasteiger partial charge in [0.15, 0.2) is 0 Å². The molecule has 0 bridgehead atoms. The lowest BCUT2D eigenvalue weighted by atomic mass is 10.0. The number of rotatable bonds is 4. The van der Waals surface area contributed by atoms with Crippen LogP contribution in [0.25, 0.3) is 5.69 Å². The van der Waals surface area contributed by atoms with Crippen LogP contribution in [0.5, 0.6) is 0 Å². The second-order valence-electron chi connectivity index (χ2n) is 7.31. The van der Waals surface area contributed by atoms with Crippen LogP contribution in [0, 0.1) is 19.7 Å². The Labute approximate surface area is 167 Å². The highest BCUT2D eigenvalue weighted by atomic mass is 19.1. The van der Waals surface area contributed by atoms with Gasteiger partial charge in [-0.1, -0.05) is 6.58 Å². The zero-order chi connectivity index (χ0) is 20.7. The van der Waals surface area contributed by atoms with E-state index in [-0.39, 0.29) is 23.9 Å². The van der Waals surface area contributed by atoms with E-state index < -0.39 is 0 Å². The Balaban J connectivity index is 1.72. The maximum absolute atomic E-state index is 13.9. The molecule has 0 fully saturated rings. The van der Waals surface area contributed by atoms with Crippen molar-refractivity contribution in [1.29, 1.82) is 0 Å². The number of aliphatic hydroxyl groups is 1. The van der Waals surface area contributed by atoms with E-state index in [0.29, 0.717) is 35.6 Å². The van der Waals surface area contributed by atoms with Gasteiger partial charge >= 0.3 is 0 Å². The van der Waals surface area contributed by atoms with Gasteiger partial charge in [-0.3, -0.25) is 9.78 Å². The average molecular weight is 392 g/mol. The number of carbonyl (C=O) groups excluding carboxylic acids is 1. The van der Waals surface area contributed by atoms with Gasteiger partial charge in [-0.2, -0.15) is 5.10 Å². The molecule has 0 radical (unpaired) electrons. The lowest BCUT2D eigenvalue weighted by Gasteiger charge is -2.27. The standard InChI is InChI=1S/C22H21FN4O2/c1-13-6-17(23)10-18(7-13)27-20-4-5-26(22(29)21(20)15(3)25-27)19-9-16(8-14(2)28)11-24-12-19/h6-7,9-12,28H,2,4-5,8H2,1,3H3. The number of aromatic nitrogens is 3. The van der Waals surface area contributed by atoms with Crippen molar-refractivity contribution in [2.24, 2.45) is 0 Å². The molecule has 4 rings (SSSR count). The van der Waals surface area contributed by atoms with Crippen molar-refractivity contribution in [1.82, 2.24) is 14.8 Å². The van der Waals surface area contributed by atoms with Gasteiger partial charge in [0.25, 0.3) is 5.91 Å². The summed E-state index contributed by atoms with van der Waals surface area (Å²) in [4.78, 5) is 19.1. The summed E-state index contributed by atoms with van der Waals surface area (Å²) in [6, 6.07) is 6.56. The molecule has 2 aromatic heterocycles. The van der Waals surface area contributed by atoms with Crippen molar-refractivity contribution >= 4 is 11.6 Å². The first kappa shape index (κ1) is 18.9. The first-order valence-corrected chi connectivity index (χ1v) is 9.32. The number of hydrogen-bond acceptors (Lipinski definition) is 4. The molecule has 1 amide bonds. The molecule has 6 nitrogen and oxygen atoms in total. The summed E-state index contributed by atoms with van der Waals surface area (Å²) in [5.41, 5.74) is 4.75. The number of halogens is 1. The summed E-state index contributed by atoms with van der Waals surface area (Å²) in [5, 5.41) is 14.0. The minimum Gasteiger partial charge on any atom is -0.513 e. The summed E-state index contributed by atoms with van der Waals surface area (Å²) in [6.45, 7) is 7.56. The SMILES string of the molecule is C=C(O)Cc1cncc(N2CCc3c(c(C)nn3-c3cc(C)cc(F)c3)C2=O)c1. The number of nitrogens with zero attached hydrogens (tertiary/aromatic N) is 4. The number of amides is 1. The summed E-state index contributed by atoms with van der Waals surface area (Å²) in [6.07, 6.45) is 4.13. The van der Waals surface area contributed by atoms with Gasteiger partial charge in [0.1, 0.15) is 5.82 Å². The fourth-order valence-electron chi connectivity index (χ4n) is 3.79. The van der Waals surface area contributed by atoms with Crippen molar-refractivity contribution in [3.63, 3.8) is 0 Å². The van der Waals surface area contributed by atoms with Crippen LogP contribution in [-0.2, 0) is 12.8 Å². The number of aryl methyl sites for hydroxylation is 2. The maximum atomic E-state index is 13.9. The highest BCUT2D eigenvalue weighted by Crippen LogP contribution is 2.29. The number of hydrogen-bond donors (Lipinski definition) is 1. The topological polar surface area (TPSA) is 71.2 Å². The Hall–Kier alpha value is -3.48. The van der Waals surface area contributed by atoms with Crippen molar-refractivity contribution in [2.75, 3.05) is 11.4 Å². The summed E-state index contributed by atoms with van der Waals surface area (Å²) >= 11 is 0. The molecule has 1 aromatic carbocycles. The van der Waals surface area contributed by atoms with Crippen LogP contribution in [0.15, 0.2) is 49.0 Å². The number of benzene rings is 1. The van der Waals surface area contributed by atoms with Crippen LogP contribution in [0.4, 0.5) is 10.1 Å². The van der Waals surface area contributed by atoms with Crippen LogP contribution in [0.3, 0.4) is 0 Å². The Morgan fingerprint density at radius 2 is 2.00 bits per heavy atom. The summed E-state index contributed by atoms with van der Waals surface area (Å²) in [7, 11) is 0. The predicted molar refractivity (Wildman–Crippen MR) is 108 cm³/mol. The molecule has 0 spiro atoms. The fourth-order valence-corrected chi connectivity index (χ4v) is 3.79. The first-order valence-electron chi connectivity index (χ1n) is 9.32. The molecule has 148 valence electrons. The van der Waals surface area contributed by atoms with Crippen LogP contribution in [0.2, 0.25) is 0 Å². The van der Waals surface area contributed by atoms with E-state index in [9.17, 15) is 14.3 Å². The van der Waals surface area contributed by atoms with Gasteiger partial charge in [-0.05, 0) is 49.2 Å². The molecular formula is C22H21FN4O2. The highest BCUT2D eigenvalue weighted by molar-refractivity contribution is 6.08. The lowest BCUT2D eigenvalue weighted by molar-refractivity contribution is 0.0979. The summed E-state index contributed by atoms with van der Waals surface area (Å²) < 4.78 is 15.6.